The van der Waals surface area contributed by atoms with E-state index in [1.165, 1.54) is 0 Å². The van der Waals surface area contributed by atoms with Crippen LogP contribution in [0.25, 0.3) is 0 Å². The highest BCUT2D eigenvalue weighted by atomic mass is 35.5. The van der Waals surface area contributed by atoms with Crippen molar-refractivity contribution in [3.63, 3.8) is 0 Å². The van der Waals surface area contributed by atoms with Crippen molar-refractivity contribution in [3.8, 4) is 18.2 Å². The third-order valence-electron chi connectivity index (χ3n) is 5.72. The van der Waals surface area contributed by atoms with E-state index in [0.29, 0.717) is 28.7 Å². The van der Waals surface area contributed by atoms with E-state index in [4.69, 9.17) is 28.6 Å². The molecule has 3 atom stereocenters. The maximum Gasteiger partial charge on any atom is 0.189 e. The van der Waals surface area contributed by atoms with Gasteiger partial charge >= 0.3 is 0 Å². The number of nitrogens with one attached hydrogen (secondary N) is 1. The van der Waals surface area contributed by atoms with Crippen LogP contribution in [0.4, 0.5) is 0 Å². The first kappa shape index (κ1) is 20.4. The van der Waals surface area contributed by atoms with E-state index >= 15 is 0 Å². The Morgan fingerprint density at radius 2 is 1.86 bits per heavy atom. The number of halogens is 2. The number of nitriles is 3. The minimum Gasteiger partial charge on any atom is -0.305 e. The molecule has 1 aromatic carbocycles. The Morgan fingerprint density at radius 3 is 2.39 bits per heavy atom. The maximum absolute atomic E-state index is 10.1. The SMILES string of the molecule is CCCN1CC=C2C(C#N)C(=N)C(C#N)(C#N)[C@@H](c3c(Cl)cccc3Cl)[C@@H]2C1. The number of rotatable bonds is 3. The first-order chi connectivity index (χ1) is 13.4. The van der Waals surface area contributed by atoms with Crippen molar-refractivity contribution in [2.75, 3.05) is 19.6 Å². The second-order valence-corrected chi connectivity index (χ2v) is 8.01. The van der Waals surface area contributed by atoms with Gasteiger partial charge in [-0.1, -0.05) is 42.3 Å². The summed E-state index contributed by atoms with van der Waals surface area (Å²) in [6.45, 7) is 4.22. The van der Waals surface area contributed by atoms with Gasteiger partial charge < -0.3 is 5.41 Å². The minimum atomic E-state index is -1.80. The fourth-order valence-corrected chi connectivity index (χ4v) is 5.12. The quantitative estimate of drug-likeness (QED) is 0.737. The molecule has 28 heavy (non-hydrogen) atoms. The van der Waals surface area contributed by atoms with E-state index in [0.717, 1.165) is 18.5 Å². The Kier molecular flexibility index (Phi) is 5.78. The molecular formula is C21H19Cl2N5. The van der Waals surface area contributed by atoms with Crippen LogP contribution in [0.3, 0.4) is 0 Å². The van der Waals surface area contributed by atoms with Gasteiger partial charge in [0, 0.05) is 35.0 Å². The van der Waals surface area contributed by atoms with Crippen LogP contribution in [0.1, 0.15) is 24.8 Å². The van der Waals surface area contributed by atoms with Gasteiger partial charge in [0.15, 0.2) is 5.41 Å². The second kappa shape index (κ2) is 7.94. The van der Waals surface area contributed by atoms with Crippen molar-refractivity contribution in [3.05, 3.63) is 45.5 Å². The summed E-state index contributed by atoms with van der Waals surface area (Å²) in [6, 6.07) is 11.3. The fourth-order valence-electron chi connectivity index (χ4n) is 4.49. The van der Waals surface area contributed by atoms with Gasteiger partial charge in [0.05, 0.1) is 23.9 Å². The molecule has 0 saturated heterocycles. The topological polar surface area (TPSA) is 98.5 Å². The summed E-state index contributed by atoms with van der Waals surface area (Å²) >= 11 is 13.0. The van der Waals surface area contributed by atoms with E-state index in [2.05, 4.69) is 30.0 Å². The largest absolute Gasteiger partial charge is 0.305 e. The average molecular weight is 412 g/mol. The van der Waals surface area contributed by atoms with Gasteiger partial charge in [-0.05, 0) is 36.2 Å². The van der Waals surface area contributed by atoms with Crippen LogP contribution in [0, 0.1) is 56.7 Å². The van der Waals surface area contributed by atoms with Crippen molar-refractivity contribution < 1.29 is 0 Å². The zero-order valence-electron chi connectivity index (χ0n) is 15.4. The predicted molar refractivity (Wildman–Crippen MR) is 108 cm³/mol. The van der Waals surface area contributed by atoms with Gasteiger partial charge in [-0.2, -0.15) is 15.8 Å². The number of fused-ring (bicyclic) bond motifs is 1. The summed E-state index contributed by atoms with van der Waals surface area (Å²) in [5.41, 5.74) is -0.689. The molecule has 1 aliphatic carbocycles. The lowest BCUT2D eigenvalue weighted by atomic mass is 9.54. The fraction of sp³-hybridized carbons (Fsp3) is 0.429. The summed E-state index contributed by atoms with van der Waals surface area (Å²) in [6.07, 6.45) is 2.94. The molecule has 1 heterocycles. The number of hydrogen-bond donors (Lipinski definition) is 1. The maximum atomic E-state index is 10.1. The van der Waals surface area contributed by atoms with Crippen LogP contribution >= 0.6 is 23.2 Å². The van der Waals surface area contributed by atoms with Crippen molar-refractivity contribution >= 4 is 28.9 Å². The summed E-state index contributed by atoms with van der Waals surface area (Å²) < 4.78 is 0. The molecular weight excluding hydrogens is 393 g/mol. The molecule has 1 fully saturated rings. The third-order valence-corrected chi connectivity index (χ3v) is 6.38. The predicted octanol–water partition coefficient (Wildman–Crippen LogP) is 4.55. The highest BCUT2D eigenvalue weighted by Crippen LogP contribution is 2.55. The lowest BCUT2D eigenvalue weighted by molar-refractivity contribution is 0.204. The van der Waals surface area contributed by atoms with E-state index in [9.17, 15) is 15.8 Å². The van der Waals surface area contributed by atoms with E-state index in [1.807, 2.05) is 6.08 Å². The smallest absolute Gasteiger partial charge is 0.189 e. The molecule has 1 aromatic rings. The Labute approximate surface area is 174 Å². The number of hydrogen-bond acceptors (Lipinski definition) is 5. The molecule has 0 aromatic heterocycles. The van der Waals surface area contributed by atoms with Gasteiger partial charge in [0.2, 0.25) is 0 Å². The number of nitrogens with zero attached hydrogens (tertiary/aromatic N) is 4. The van der Waals surface area contributed by atoms with Crippen LogP contribution in [0.2, 0.25) is 10.0 Å². The molecule has 142 valence electrons. The monoisotopic (exact) mass is 411 g/mol. The van der Waals surface area contributed by atoms with Crippen molar-refractivity contribution in [1.29, 1.82) is 21.2 Å². The third kappa shape index (κ3) is 2.99. The molecule has 1 N–H and O–H groups in total. The molecule has 0 amide bonds. The first-order valence-corrected chi connectivity index (χ1v) is 9.88. The highest BCUT2D eigenvalue weighted by Gasteiger charge is 2.58. The zero-order valence-corrected chi connectivity index (χ0v) is 16.9. The summed E-state index contributed by atoms with van der Waals surface area (Å²) in [4.78, 5) is 2.23. The lowest BCUT2D eigenvalue weighted by Crippen LogP contribution is -2.53. The van der Waals surface area contributed by atoms with Gasteiger partial charge in [0.1, 0.15) is 5.92 Å². The van der Waals surface area contributed by atoms with Gasteiger partial charge in [-0.15, -0.1) is 0 Å². The van der Waals surface area contributed by atoms with Crippen LogP contribution in [0.15, 0.2) is 29.8 Å². The van der Waals surface area contributed by atoms with Crippen LogP contribution in [-0.4, -0.2) is 30.2 Å². The lowest BCUT2D eigenvalue weighted by Gasteiger charge is -2.48. The molecule has 1 saturated carbocycles. The molecule has 5 nitrogen and oxygen atoms in total. The van der Waals surface area contributed by atoms with Crippen molar-refractivity contribution in [2.24, 2.45) is 17.3 Å². The Bertz CT molecular complexity index is 928. The molecule has 0 spiro atoms. The highest BCUT2D eigenvalue weighted by molar-refractivity contribution is 6.36. The standard InChI is InChI=1S/C21H19Cl2N5/c1-2-7-28-8-6-13-14(9-24)20(27)21(11-25,12-26)19(15(13)10-28)18-16(22)4-3-5-17(18)23/h3-6,14-15,19,27H,2,7-8,10H2,1H3/t14?,15-,19-/m1/s1. The normalized spacial score (nSPS) is 26.4. The van der Waals surface area contributed by atoms with E-state index in [1.54, 1.807) is 18.2 Å². The Balaban J connectivity index is 2.29. The van der Waals surface area contributed by atoms with Crippen molar-refractivity contribution in [2.45, 2.75) is 19.3 Å². The summed E-state index contributed by atoms with van der Waals surface area (Å²) in [5.74, 6) is -1.90. The molecule has 3 rings (SSSR count). The van der Waals surface area contributed by atoms with E-state index < -0.39 is 17.3 Å². The second-order valence-electron chi connectivity index (χ2n) is 7.19. The molecule has 1 unspecified atom stereocenters. The first-order valence-electron chi connectivity index (χ1n) is 9.12. The Morgan fingerprint density at radius 1 is 1.21 bits per heavy atom. The molecule has 7 heteroatoms. The summed E-state index contributed by atoms with van der Waals surface area (Å²) in [5, 5.41) is 39.2. The molecule has 1 aliphatic heterocycles. The molecule has 0 radical (unpaired) electrons. The van der Waals surface area contributed by atoms with Crippen LogP contribution < -0.4 is 0 Å². The average Bonchev–Trinajstić information content (AvgIpc) is 2.69. The summed E-state index contributed by atoms with van der Waals surface area (Å²) in [7, 11) is 0. The van der Waals surface area contributed by atoms with Gasteiger partial charge in [0.25, 0.3) is 0 Å². The van der Waals surface area contributed by atoms with Gasteiger partial charge in [-0.3, -0.25) is 4.90 Å². The van der Waals surface area contributed by atoms with Crippen LogP contribution in [0.5, 0.6) is 0 Å². The zero-order chi connectivity index (χ0) is 20.5. The molecule has 2 aliphatic rings. The van der Waals surface area contributed by atoms with Crippen molar-refractivity contribution in [1.82, 2.24) is 4.90 Å². The van der Waals surface area contributed by atoms with Crippen LogP contribution in [-0.2, 0) is 0 Å². The Hall–Kier alpha value is -2.36. The minimum absolute atomic E-state index is 0.188. The molecule has 0 bridgehead atoms. The van der Waals surface area contributed by atoms with E-state index in [-0.39, 0.29) is 11.6 Å². The van der Waals surface area contributed by atoms with Gasteiger partial charge in [-0.25, -0.2) is 0 Å². The number of benzene rings is 1.